The maximum absolute atomic E-state index is 12.0. The first-order valence-electron chi connectivity index (χ1n) is 7.41. The predicted molar refractivity (Wildman–Crippen MR) is 91.8 cm³/mol. The number of carbonyl (C=O) groups excluding carboxylic acids is 2. The van der Waals surface area contributed by atoms with Gasteiger partial charge in [0.05, 0.1) is 5.56 Å². The van der Waals surface area contributed by atoms with Crippen LogP contribution in [0.3, 0.4) is 0 Å². The zero-order valence-electron chi connectivity index (χ0n) is 13.2. The number of amides is 1. The lowest BCUT2D eigenvalue weighted by Crippen LogP contribution is -2.12. The Morgan fingerprint density at radius 3 is 2.52 bits per heavy atom. The lowest BCUT2D eigenvalue weighted by Gasteiger charge is -2.04. The monoisotopic (exact) mass is 326 g/mol. The Hall–Kier alpha value is -2.45. The number of ketones is 1. The van der Waals surface area contributed by atoms with Gasteiger partial charge in [0, 0.05) is 23.3 Å². The molecule has 0 unspecified atom stereocenters. The molecule has 0 atom stereocenters. The lowest BCUT2D eigenvalue weighted by molar-refractivity contribution is -0.116. The Balaban J connectivity index is 1.86. The Kier molecular flexibility index (Phi) is 5.67. The minimum Gasteiger partial charge on any atom is -0.317 e. The molecule has 5 heteroatoms. The van der Waals surface area contributed by atoms with Gasteiger partial charge in [0.15, 0.2) is 5.78 Å². The molecule has 0 fully saturated rings. The highest BCUT2D eigenvalue weighted by Gasteiger charge is 2.14. The molecule has 0 saturated carbocycles. The van der Waals surface area contributed by atoms with Gasteiger partial charge in [-0.3, -0.25) is 9.59 Å². The molecule has 0 aliphatic heterocycles. The average Bonchev–Trinajstić information content (AvgIpc) is 2.81. The van der Waals surface area contributed by atoms with Crippen molar-refractivity contribution in [1.82, 2.24) is 0 Å². The summed E-state index contributed by atoms with van der Waals surface area (Å²) in [4.78, 5) is 25.0. The first-order chi connectivity index (χ1) is 11.0. The molecular formula is C18H18N2O2S. The number of nitrogens with zero attached hydrogens (tertiary/aromatic N) is 1. The molecule has 0 saturated heterocycles. The molecule has 1 aromatic carbocycles. The zero-order chi connectivity index (χ0) is 16.8. The van der Waals surface area contributed by atoms with Gasteiger partial charge in [-0.15, -0.1) is 11.3 Å². The summed E-state index contributed by atoms with van der Waals surface area (Å²) in [5.74, 6) is -0.123. The lowest BCUT2D eigenvalue weighted by atomic mass is 10.1. The van der Waals surface area contributed by atoms with E-state index in [4.69, 9.17) is 5.26 Å². The molecule has 1 aromatic heterocycles. The van der Waals surface area contributed by atoms with E-state index >= 15 is 0 Å². The van der Waals surface area contributed by atoms with Gasteiger partial charge in [-0.2, -0.15) is 5.26 Å². The molecule has 1 N–H and O–H groups in total. The van der Waals surface area contributed by atoms with Crippen LogP contribution in [0.15, 0.2) is 30.3 Å². The van der Waals surface area contributed by atoms with Gasteiger partial charge in [-0.25, -0.2) is 0 Å². The summed E-state index contributed by atoms with van der Waals surface area (Å²) in [6.45, 7) is 3.80. The summed E-state index contributed by atoms with van der Waals surface area (Å²) in [5.41, 5.74) is 2.11. The summed E-state index contributed by atoms with van der Waals surface area (Å²) in [6.07, 6.45) is 1.09. The third-order valence-electron chi connectivity index (χ3n) is 3.65. The number of carbonyl (C=O) groups is 2. The number of aryl methyl sites for hydroxylation is 1. The molecule has 23 heavy (non-hydrogen) atoms. The van der Waals surface area contributed by atoms with Crippen molar-refractivity contribution < 1.29 is 9.59 Å². The summed E-state index contributed by atoms with van der Waals surface area (Å²) < 4.78 is 0. The number of anilines is 1. The standard InChI is InChI=1S/C18H18N2O2S/c1-12-13(2)23-18(15(12)11-19)20-17(22)10-6-9-16(21)14-7-4-3-5-8-14/h3-5,7-8H,6,9-10H2,1-2H3,(H,20,22). The van der Waals surface area contributed by atoms with E-state index < -0.39 is 0 Å². The predicted octanol–water partition coefficient (Wildman–Crippen LogP) is 4.23. The van der Waals surface area contributed by atoms with E-state index in [0.717, 1.165) is 10.4 Å². The van der Waals surface area contributed by atoms with Gasteiger partial charge >= 0.3 is 0 Å². The third-order valence-corrected chi connectivity index (χ3v) is 4.78. The highest BCUT2D eigenvalue weighted by atomic mass is 32.1. The normalized spacial score (nSPS) is 10.1. The van der Waals surface area contributed by atoms with Crippen molar-refractivity contribution >= 4 is 28.0 Å². The van der Waals surface area contributed by atoms with Crippen molar-refractivity contribution in [2.75, 3.05) is 5.32 Å². The quantitative estimate of drug-likeness (QED) is 0.808. The number of hydrogen-bond acceptors (Lipinski definition) is 4. The van der Waals surface area contributed by atoms with Crippen molar-refractivity contribution in [2.24, 2.45) is 0 Å². The van der Waals surface area contributed by atoms with Gasteiger partial charge in [0.25, 0.3) is 0 Å². The van der Waals surface area contributed by atoms with E-state index in [1.54, 1.807) is 12.1 Å². The SMILES string of the molecule is Cc1sc(NC(=O)CCCC(=O)c2ccccc2)c(C#N)c1C. The fourth-order valence-corrected chi connectivity index (χ4v) is 3.24. The van der Waals surface area contributed by atoms with Crippen molar-refractivity contribution in [3.05, 3.63) is 51.9 Å². The Bertz CT molecular complexity index is 757. The maximum Gasteiger partial charge on any atom is 0.225 e. The number of Topliss-reactive ketones (excluding diaryl/α,β-unsaturated/α-hetero) is 1. The Morgan fingerprint density at radius 2 is 1.87 bits per heavy atom. The largest absolute Gasteiger partial charge is 0.317 e. The van der Waals surface area contributed by atoms with Crippen molar-refractivity contribution in [3.63, 3.8) is 0 Å². The van der Waals surface area contributed by atoms with E-state index in [0.29, 0.717) is 29.0 Å². The van der Waals surface area contributed by atoms with Crippen LogP contribution in [-0.4, -0.2) is 11.7 Å². The molecule has 0 aliphatic rings. The van der Waals surface area contributed by atoms with Gasteiger partial charge in [-0.1, -0.05) is 30.3 Å². The molecule has 2 aromatic rings. The van der Waals surface area contributed by atoms with Crippen LogP contribution in [0.4, 0.5) is 5.00 Å². The van der Waals surface area contributed by atoms with Gasteiger partial charge < -0.3 is 5.32 Å². The van der Waals surface area contributed by atoms with Crippen LogP contribution in [0.25, 0.3) is 0 Å². The average molecular weight is 326 g/mol. The van der Waals surface area contributed by atoms with Gasteiger partial charge in [0.2, 0.25) is 5.91 Å². The van der Waals surface area contributed by atoms with Crippen LogP contribution in [-0.2, 0) is 4.79 Å². The van der Waals surface area contributed by atoms with Crippen LogP contribution in [0, 0.1) is 25.2 Å². The number of nitriles is 1. The first kappa shape index (κ1) is 16.9. The second-order valence-corrected chi connectivity index (χ2v) is 6.51. The van der Waals surface area contributed by atoms with Crippen molar-refractivity contribution in [1.29, 1.82) is 5.26 Å². The minimum absolute atomic E-state index is 0.0407. The summed E-state index contributed by atoms with van der Waals surface area (Å²) in [6, 6.07) is 11.2. The summed E-state index contributed by atoms with van der Waals surface area (Å²) in [7, 11) is 0. The fourth-order valence-electron chi connectivity index (χ4n) is 2.22. The van der Waals surface area contributed by atoms with Crippen LogP contribution in [0.5, 0.6) is 0 Å². The molecular weight excluding hydrogens is 308 g/mol. The summed E-state index contributed by atoms with van der Waals surface area (Å²) >= 11 is 1.41. The van der Waals surface area contributed by atoms with E-state index in [1.807, 2.05) is 32.0 Å². The highest BCUT2D eigenvalue weighted by molar-refractivity contribution is 7.16. The second-order valence-electron chi connectivity index (χ2n) is 5.29. The Morgan fingerprint density at radius 1 is 1.17 bits per heavy atom. The number of rotatable bonds is 6. The van der Waals surface area contributed by atoms with Gasteiger partial charge in [-0.05, 0) is 25.8 Å². The number of thiophene rings is 1. The highest BCUT2D eigenvalue weighted by Crippen LogP contribution is 2.31. The van der Waals surface area contributed by atoms with Crippen molar-refractivity contribution in [3.8, 4) is 6.07 Å². The van der Waals surface area contributed by atoms with Crippen LogP contribution >= 0.6 is 11.3 Å². The number of benzene rings is 1. The summed E-state index contributed by atoms with van der Waals surface area (Å²) in [5, 5.41) is 12.5. The van der Waals surface area contributed by atoms with Crippen molar-refractivity contribution in [2.45, 2.75) is 33.1 Å². The third kappa shape index (κ3) is 4.27. The van der Waals surface area contributed by atoms with Crippen LogP contribution < -0.4 is 5.32 Å². The second kappa shape index (κ2) is 7.70. The Labute approximate surface area is 139 Å². The molecule has 4 nitrogen and oxygen atoms in total. The van der Waals surface area contributed by atoms with E-state index in [2.05, 4.69) is 11.4 Å². The molecule has 0 spiro atoms. The van der Waals surface area contributed by atoms with E-state index in [9.17, 15) is 9.59 Å². The molecule has 118 valence electrons. The van der Waals surface area contributed by atoms with Gasteiger partial charge in [0.1, 0.15) is 11.1 Å². The molecule has 0 bridgehead atoms. The topological polar surface area (TPSA) is 70.0 Å². The van der Waals surface area contributed by atoms with Crippen LogP contribution in [0.2, 0.25) is 0 Å². The molecule has 1 heterocycles. The molecule has 1 amide bonds. The number of nitrogens with one attached hydrogen (secondary N) is 1. The first-order valence-corrected chi connectivity index (χ1v) is 8.22. The fraction of sp³-hybridized carbons (Fsp3) is 0.278. The zero-order valence-corrected chi connectivity index (χ0v) is 14.0. The van der Waals surface area contributed by atoms with E-state index in [1.165, 1.54) is 11.3 Å². The maximum atomic E-state index is 12.0. The number of hydrogen-bond donors (Lipinski definition) is 1. The molecule has 2 rings (SSSR count). The van der Waals surface area contributed by atoms with Crippen LogP contribution in [0.1, 0.15) is 45.6 Å². The smallest absolute Gasteiger partial charge is 0.225 e. The molecule has 0 radical (unpaired) electrons. The molecule has 0 aliphatic carbocycles. The van der Waals surface area contributed by atoms with E-state index in [-0.39, 0.29) is 18.1 Å². The minimum atomic E-state index is -0.163.